The van der Waals surface area contributed by atoms with Crippen LogP contribution in [0.5, 0.6) is 0 Å². The number of hydrogen-bond acceptors (Lipinski definition) is 5. The first-order chi connectivity index (χ1) is 13.1. The Morgan fingerprint density at radius 1 is 1.04 bits per heavy atom. The van der Waals surface area contributed by atoms with Gasteiger partial charge in [0.05, 0.1) is 11.0 Å². The van der Waals surface area contributed by atoms with Crippen LogP contribution < -0.4 is 21.2 Å². The summed E-state index contributed by atoms with van der Waals surface area (Å²) in [4.78, 5) is 38.6. The Morgan fingerprint density at radius 3 is 2.41 bits per heavy atom. The van der Waals surface area contributed by atoms with Crippen molar-refractivity contribution in [3.05, 3.63) is 28.7 Å². The minimum absolute atomic E-state index is 0.234. The highest BCUT2D eigenvalue weighted by molar-refractivity contribution is 6.00. The summed E-state index contributed by atoms with van der Waals surface area (Å²) in [5.74, 6) is -0.687. The Hall–Kier alpha value is -2.61. The van der Waals surface area contributed by atoms with Crippen molar-refractivity contribution < 1.29 is 9.59 Å². The monoisotopic (exact) mass is 373 g/mol. The number of imide groups is 1. The summed E-state index contributed by atoms with van der Waals surface area (Å²) in [5, 5.41) is 5.65. The number of piperidine rings is 1. The number of nitrogens with zero attached hydrogens (tertiary/aromatic N) is 3. The molecule has 146 valence electrons. The molecule has 0 radical (unpaired) electrons. The van der Waals surface area contributed by atoms with Gasteiger partial charge >= 0.3 is 5.69 Å². The first-order valence-electron chi connectivity index (χ1n) is 9.56. The molecule has 2 aliphatic rings. The van der Waals surface area contributed by atoms with Crippen LogP contribution in [0.15, 0.2) is 23.0 Å². The first-order valence-corrected chi connectivity index (χ1v) is 9.56. The molecule has 2 saturated heterocycles. The lowest BCUT2D eigenvalue weighted by Crippen LogP contribution is -2.44. The Morgan fingerprint density at radius 2 is 1.74 bits per heavy atom. The predicted octanol–water partition coefficient (Wildman–Crippen LogP) is 0.754. The van der Waals surface area contributed by atoms with Crippen LogP contribution in [0.25, 0.3) is 11.0 Å². The van der Waals surface area contributed by atoms with Crippen LogP contribution in [0.4, 0.5) is 5.69 Å². The molecule has 3 heterocycles. The average Bonchev–Trinajstić information content (AvgIpc) is 2.95. The summed E-state index contributed by atoms with van der Waals surface area (Å²) in [6, 6.07) is 5.26. The number of nitrogens with one attached hydrogen (secondary N) is 2. The van der Waals surface area contributed by atoms with Crippen molar-refractivity contribution in [2.75, 3.05) is 31.1 Å². The molecule has 2 aliphatic heterocycles. The smallest absolute Gasteiger partial charge is 0.329 e. The number of fused-ring (bicyclic) bond motifs is 1. The third-order valence-electron chi connectivity index (χ3n) is 5.08. The van der Waals surface area contributed by atoms with Gasteiger partial charge in [0.2, 0.25) is 11.8 Å². The molecule has 27 heavy (non-hydrogen) atoms. The summed E-state index contributed by atoms with van der Waals surface area (Å²) in [5.41, 5.74) is 2.36. The maximum atomic E-state index is 12.7. The van der Waals surface area contributed by atoms with Crippen LogP contribution in [-0.2, 0) is 16.6 Å². The molecule has 0 bridgehead atoms. The van der Waals surface area contributed by atoms with Crippen LogP contribution in [0, 0.1) is 0 Å². The van der Waals surface area contributed by atoms with Crippen LogP contribution >= 0.6 is 0 Å². The van der Waals surface area contributed by atoms with Crippen molar-refractivity contribution >= 4 is 28.5 Å². The Labute approximate surface area is 158 Å². The van der Waals surface area contributed by atoms with Crippen molar-refractivity contribution in [1.82, 2.24) is 19.8 Å². The van der Waals surface area contributed by atoms with Crippen LogP contribution in [0.3, 0.4) is 0 Å². The van der Waals surface area contributed by atoms with Gasteiger partial charge in [0.15, 0.2) is 0 Å². The van der Waals surface area contributed by atoms with Crippen molar-refractivity contribution in [3.8, 4) is 0 Å². The van der Waals surface area contributed by atoms with Crippen LogP contribution in [-0.4, -0.2) is 47.1 Å². The van der Waals surface area contributed by atoms with E-state index in [9.17, 15) is 14.4 Å². The number of hydrogen-bond donors (Lipinski definition) is 2. The second-order valence-electron chi connectivity index (χ2n) is 6.59. The van der Waals surface area contributed by atoms with E-state index in [2.05, 4.69) is 15.5 Å². The second kappa shape index (κ2) is 7.96. The number of piperazine rings is 1. The fraction of sp³-hybridized carbons (Fsp3) is 0.526. The van der Waals surface area contributed by atoms with Gasteiger partial charge < -0.3 is 10.2 Å². The molecule has 1 unspecified atom stereocenters. The highest BCUT2D eigenvalue weighted by atomic mass is 16.2. The molecule has 2 N–H and O–H groups in total. The summed E-state index contributed by atoms with van der Waals surface area (Å²) in [6.45, 7) is 7.73. The molecule has 8 heteroatoms. The van der Waals surface area contributed by atoms with Gasteiger partial charge in [-0.3, -0.25) is 24.0 Å². The topological polar surface area (TPSA) is 88.4 Å². The molecule has 8 nitrogen and oxygen atoms in total. The predicted molar refractivity (Wildman–Crippen MR) is 105 cm³/mol. The lowest BCUT2D eigenvalue weighted by Gasteiger charge is -2.29. The summed E-state index contributed by atoms with van der Waals surface area (Å²) < 4.78 is 3.09. The van der Waals surface area contributed by atoms with E-state index in [1.165, 1.54) is 4.57 Å². The maximum Gasteiger partial charge on any atom is 0.329 e. The third kappa shape index (κ3) is 3.49. The highest BCUT2D eigenvalue weighted by Crippen LogP contribution is 2.26. The number of aromatic nitrogens is 2. The number of imidazole rings is 1. The van der Waals surface area contributed by atoms with E-state index in [1.807, 2.05) is 32.0 Å². The van der Waals surface area contributed by atoms with E-state index in [0.717, 1.165) is 42.9 Å². The Kier molecular flexibility index (Phi) is 5.65. The number of carbonyl (C=O) groups is 2. The van der Waals surface area contributed by atoms with E-state index >= 15 is 0 Å². The van der Waals surface area contributed by atoms with Crippen molar-refractivity contribution in [2.24, 2.45) is 7.05 Å². The van der Waals surface area contributed by atoms with Crippen molar-refractivity contribution in [1.29, 1.82) is 0 Å². The van der Waals surface area contributed by atoms with E-state index in [4.69, 9.17) is 0 Å². The fourth-order valence-corrected chi connectivity index (χ4v) is 3.70. The molecular formula is C19H27N5O3. The molecular weight excluding hydrogens is 346 g/mol. The lowest BCUT2D eigenvalue weighted by atomic mass is 10.1. The molecule has 2 fully saturated rings. The number of carbonyl (C=O) groups excluding carboxylic acids is 2. The normalized spacial score (nSPS) is 20.3. The van der Waals surface area contributed by atoms with Crippen LogP contribution in [0.2, 0.25) is 0 Å². The first kappa shape index (κ1) is 19.2. The number of rotatable bonds is 2. The molecule has 2 amide bonds. The third-order valence-corrected chi connectivity index (χ3v) is 5.08. The summed E-state index contributed by atoms with van der Waals surface area (Å²) >= 11 is 0. The average molecular weight is 373 g/mol. The molecule has 1 aromatic heterocycles. The maximum absolute atomic E-state index is 12.7. The minimum atomic E-state index is -0.640. The van der Waals surface area contributed by atoms with Crippen molar-refractivity contribution in [3.63, 3.8) is 0 Å². The van der Waals surface area contributed by atoms with Gasteiger partial charge in [0.1, 0.15) is 6.04 Å². The molecule has 1 aromatic carbocycles. The van der Waals surface area contributed by atoms with E-state index in [-0.39, 0.29) is 18.0 Å². The van der Waals surface area contributed by atoms with Crippen LogP contribution in [0.1, 0.15) is 32.7 Å². The van der Waals surface area contributed by atoms with Gasteiger partial charge in [-0.2, -0.15) is 0 Å². The van der Waals surface area contributed by atoms with E-state index in [1.54, 1.807) is 11.6 Å². The van der Waals surface area contributed by atoms with Gasteiger partial charge in [-0.25, -0.2) is 4.79 Å². The fourth-order valence-electron chi connectivity index (χ4n) is 3.70. The second-order valence-corrected chi connectivity index (χ2v) is 6.59. The van der Waals surface area contributed by atoms with Gasteiger partial charge in [-0.15, -0.1) is 0 Å². The summed E-state index contributed by atoms with van der Waals surface area (Å²) in [7, 11) is 1.72. The van der Waals surface area contributed by atoms with Gasteiger partial charge in [0, 0.05) is 45.3 Å². The molecule has 4 rings (SSSR count). The lowest BCUT2D eigenvalue weighted by molar-refractivity contribution is -0.135. The zero-order chi connectivity index (χ0) is 19.6. The molecule has 0 spiro atoms. The van der Waals surface area contributed by atoms with E-state index in [0.29, 0.717) is 6.42 Å². The standard InChI is InChI=1S/C17H21N5O3.C2H6/c1-20-14-10-11(21-8-6-18-7-9-21)2-3-12(14)22(17(20)25)13-4-5-15(23)19-16(13)24;1-2/h2-3,10,13,18H,4-9H2,1H3,(H,19,23,24);1-2H3. The Bertz CT molecular complexity index is 908. The molecule has 2 aromatic rings. The molecule has 1 atom stereocenters. The summed E-state index contributed by atoms with van der Waals surface area (Å²) in [6.07, 6.45) is 0.599. The SMILES string of the molecule is CC.Cn1c(=O)n(C2CCC(=O)NC2=O)c2ccc(N3CCNCC3)cc21. The largest absolute Gasteiger partial charge is 0.369 e. The minimum Gasteiger partial charge on any atom is -0.369 e. The number of benzene rings is 1. The van der Waals surface area contributed by atoms with Gasteiger partial charge in [-0.05, 0) is 24.6 Å². The van der Waals surface area contributed by atoms with Crippen molar-refractivity contribution in [2.45, 2.75) is 32.7 Å². The Balaban J connectivity index is 0.00000102. The van der Waals surface area contributed by atoms with Gasteiger partial charge in [-0.1, -0.05) is 13.8 Å². The number of amides is 2. The molecule has 0 aliphatic carbocycles. The van der Waals surface area contributed by atoms with Gasteiger partial charge in [0.25, 0.3) is 0 Å². The zero-order valence-corrected chi connectivity index (χ0v) is 16.1. The number of aryl methyl sites for hydroxylation is 1. The molecule has 0 saturated carbocycles. The number of anilines is 1. The highest BCUT2D eigenvalue weighted by Gasteiger charge is 2.31. The quantitative estimate of drug-likeness (QED) is 0.759. The van der Waals surface area contributed by atoms with E-state index < -0.39 is 11.9 Å². The zero-order valence-electron chi connectivity index (χ0n) is 16.1.